The van der Waals surface area contributed by atoms with E-state index >= 15 is 0 Å². The number of quaternary nitrogens is 1. The Labute approximate surface area is 142 Å². The van der Waals surface area contributed by atoms with E-state index in [1.165, 1.54) is 38.5 Å². The summed E-state index contributed by atoms with van der Waals surface area (Å²) in [6.45, 7) is 8.97. The molecule has 0 aliphatic carbocycles. The van der Waals surface area contributed by atoms with Gasteiger partial charge in [0.15, 0.2) is 12.3 Å². The lowest BCUT2D eigenvalue weighted by molar-refractivity contribution is -0.923. The monoisotopic (exact) mass is 322 g/mol. The lowest BCUT2D eigenvalue weighted by atomic mass is 10.1. The molecule has 0 fully saturated rings. The number of nitrogens with one attached hydrogen (secondary N) is 2. The van der Waals surface area contributed by atoms with Crippen molar-refractivity contribution in [3.63, 3.8) is 0 Å². The van der Waals surface area contributed by atoms with E-state index in [9.17, 15) is 4.79 Å². The van der Waals surface area contributed by atoms with Crippen LogP contribution in [0.15, 0.2) is 24.6 Å². The lowest BCUT2D eigenvalue weighted by Gasteiger charge is -2.41. The second-order valence-corrected chi connectivity index (χ2v) is 6.60. The molecular formula is C19H36N3O+. The molecule has 0 saturated heterocycles. The van der Waals surface area contributed by atoms with Gasteiger partial charge in [-0.25, -0.2) is 0 Å². The van der Waals surface area contributed by atoms with Gasteiger partial charge in [-0.2, -0.15) is 0 Å². The van der Waals surface area contributed by atoms with Crippen molar-refractivity contribution in [2.75, 3.05) is 6.54 Å². The van der Waals surface area contributed by atoms with Gasteiger partial charge in [-0.15, -0.1) is 0 Å². The van der Waals surface area contributed by atoms with Crippen LogP contribution in [0.1, 0.15) is 72.6 Å². The van der Waals surface area contributed by atoms with Crippen molar-refractivity contribution in [1.29, 1.82) is 0 Å². The van der Waals surface area contributed by atoms with Crippen LogP contribution >= 0.6 is 0 Å². The SMILES string of the molecule is C/C=C/CCCCCCCC1NC=C[N+]1(CC)C(C)NC(C)=O. The van der Waals surface area contributed by atoms with Gasteiger partial charge < -0.3 is 10.6 Å². The number of carbonyl (C=O) groups is 1. The van der Waals surface area contributed by atoms with E-state index in [1.54, 1.807) is 6.92 Å². The minimum Gasteiger partial charge on any atom is -0.338 e. The molecule has 0 aromatic carbocycles. The fraction of sp³-hybridized carbons (Fsp3) is 0.737. The third-order valence-corrected chi connectivity index (χ3v) is 4.99. The molecule has 1 aliphatic rings. The molecule has 1 rings (SSSR count). The predicted molar refractivity (Wildman–Crippen MR) is 97.3 cm³/mol. The van der Waals surface area contributed by atoms with E-state index in [0.29, 0.717) is 6.17 Å². The second-order valence-electron chi connectivity index (χ2n) is 6.60. The van der Waals surface area contributed by atoms with Gasteiger partial charge >= 0.3 is 0 Å². The highest BCUT2D eigenvalue weighted by molar-refractivity contribution is 5.72. The first kappa shape index (κ1) is 19.8. The van der Waals surface area contributed by atoms with Crippen LogP contribution in [0.5, 0.6) is 0 Å². The van der Waals surface area contributed by atoms with Crippen molar-refractivity contribution in [3.05, 3.63) is 24.6 Å². The number of allylic oxidation sites excluding steroid dienone is 2. The summed E-state index contributed by atoms with van der Waals surface area (Å²) in [4.78, 5) is 11.4. The third kappa shape index (κ3) is 6.02. The molecule has 3 atom stereocenters. The summed E-state index contributed by atoms with van der Waals surface area (Å²) in [7, 11) is 0. The van der Waals surface area contributed by atoms with E-state index in [0.717, 1.165) is 17.4 Å². The first-order chi connectivity index (χ1) is 11.1. The first-order valence-electron chi connectivity index (χ1n) is 9.26. The molecule has 1 heterocycles. The topological polar surface area (TPSA) is 41.1 Å². The van der Waals surface area contributed by atoms with E-state index in [4.69, 9.17) is 0 Å². The van der Waals surface area contributed by atoms with E-state index in [-0.39, 0.29) is 12.1 Å². The zero-order chi connectivity index (χ0) is 17.1. The maximum absolute atomic E-state index is 11.4. The van der Waals surface area contributed by atoms with Crippen LogP contribution in [0.3, 0.4) is 0 Å². The summed E-state index contributed by atoms with van der Waals surface area (Å²) >= 11 is 0. The van der Waals surface area contributed by atoms with Crippen molar-refractivity contribution >= 4 is 5.91 Å². The highest BCUT2D eigenvalue weighted by Crippen LogP contribution is 2.26. The molecule has 1 aliphatic heterocycles. The van der Waals surface area contributed by atoms with Crippen LogP contribution in [0.4, 0.5) is 0 Å². The summed E-state index contributed by atoms with van der Waals surface area (Å²) in [6, 6.07) is 0. The number of unbranched alkanes of at least 4 members (excludes halogenated alkanes) is 5. The molecule has 0 bridgehead atoms. The number of hydrogen-bond acceptors (Lipinski definition) is 2. The Morgan fingerprint density at radius 1 is 1.30 bits per heavy atom. The molecule has 0 aromatic heterocycles. The standard InChI is InChI=1S/C19H35N3O/c1-5-7-8-9-10-11-12-13-14-19-20-15-16-22(19,6-2)17(3)21-18(4)23/h5,7,15-17,19-20H,6,8-14H2,1-4H3/p+1/b7-5+. The molecule has 2 N–H and O–H groups in total. The summed E-state index contributed by atoms with van der Waals surface area (Å²) in [5.74, 6) is 0.0450. The molecule has 0 saturated carbocycles. The molecule has 4 nitrogen and oxygen atoms in total. The normalized spacial score (nSPS) is 24.8. The molecule has 23 heavy (non-hydrogen) atoms. The van der Waals surface area contributed by atoms with Crippen LogP contribution in [-0.2, 0) is 4.79 Å². The zero-order valence-corrected chi connectivity index (χ0v) is 15.5. The van der Waals surface area contributed by atoms with Crippen LogP contribution < -0.4 is 10.6 Å². The van der Waals surface area contributed by atoms with Gasteiger partial charge in [-0.3, -0.25) is 9.28 Å². The Balaban J connectivity index is 2.35. The number of nitrogens with zero attached hydrogens (tertiary/aromatic N) is 1. The van der Waals surface area contributed by atoms with E-state index in [2.05, 4.69) is 56.0 Å². The Kier molecular flexibility index (Phi) is 9.00. The predicted octanol–water partition coefficient (Wildman–Crippen LogP) is 4.01. The Bertz CT molecular complexity index is 405. The smallest absolute Gasteiger partial charge is 0.221 e. The minimum absolute atomic E-state index is 0.0450. The molecule has 0 aromatic rings. The van der Waals surface area contributed by atoms with Crippen LogP contribution in [0.25, 0.3) is 0 Å². The Hall–Kier alpha value is -1.29. The highest BCUT2D eigenvalue weighted by atomic mass is 16.1. The van der Waals surface area contributed by atoms with Crippen molar-refractivity contribution in [2.45, 2.75) is 85.0 Å². The summed E-state index contributed by atoms with van der Waals surface area (Å²) in [5.41, 5.74) is 0. The average molecular weight is 323 g/mol. The minimum atomic E-state index is 0.0450. The molecule has 4 heteroatoms. The quantitative estimate of drug-likeness (QED) is 0.343. The third-order valence-electron chi connectivity index (χ3n) is 4.99. The maximum atomic E-state index is 11.4. The summed E-state index contributed by atoms with van der Waals surface area (Å²) in [5, 5.41) is 6.57. The van der Waals surface area contributed by atoms with Crippen molar-refractivity contribution in [2.24, 2.45) is 0 Å². The number of rotatable bonds is 11. The molecule has 3 unspecified atom stereocenters. The highest BCUT2D eigenvalue weighted by Gasteiger charge is 2.41. The second kappa shape index (κ2) is 10.5. The molecule has 1 amide bonds. The lowest BCUT2D eigenvalue weighted by Crippen LogP contribution is -2.62. The van der Waals surface area contributed by atoms with E-state index < -0.39 is 0 Å². The summed E-state index contributed by atoms with van der Waals surface area (Å²) < 4.78 is 0.806. The molecule has 132 valence electrons. The van der Waals surface area contributed by atoms with Gasteiger partial charge in [0.2, 0.25) is 5.91 Å². The van der Waals surface area contributed by atoms with Crippen LogP contribution in [-0.4, -0.2) is 29.3 Å². The Morgan fingerprint density at radius 3 is 2.65 bits per heavy atom. The van der Waals surface area contributed by atoms with Gasteiger partial charge in [-0.1, -0.05) is 31.4 Å². The first-order valence-corrected chi connectivity index (χ1v) is 9.26. The van der Waals surface area contributed by atoms with Gasteiger partial charge in [0, 0.05) is 20.3 Å². The Morgan fingerprint density at radius 2 is 2.00 bits per heavy atom. The number of carbonyl (C=O) groups excluding carboxylic acids is 1. The number of amides is 1. The van der Waals surface area contributed by atoms with Crippen molar-refractivity contribution in [1.82, 2.24) is 10.6 Å². The van der Waals surface area contributed by atoms with Crippen LogP contribution in [0, 0.1) is 0 Å². The van der Waals surface area contributed by atoms with Gasteiger partial charge in [0.25, 0.3) is 0 Å². The van der Waals surface area contributed by atoms with E-state index in [1.807, 2.05) is 0 Å². The molecular weight excluding hydrogens is 286 g/mol. The molecule has 0 spiro atoms. The maximum Gasteiger partial charge on any atom is 0.221 e. The average Bonchev–Trinajstić information content (AvgIpc) is 2.93. The number of hydrogen-bond donors (Lipinski definition) is 2. The largest absolute Gasteiger partial charge is 0.338 e. The van der Waals surface area contributed by atoms with Crippen molar-refractivity contribution in [3.8, 4) is 0 Å². The molecule has 0 radical (unpaired) electrons. The van der Waals surface area contributed by atoms with Gasteiger partial charge in [0.1, 0.15) is 6.20 Å². The van der Waals surface area contributed by atoms with Crippen LogP contribution in [0.2, 0.25) is 0 Å². The van der Waals surface area contributed by atoms with Gasteiger partial charge in [0.05, 0.1) is 12.7 Å². The van der Waals surface area contributed by atoms with Gasteiger partial charge in [-0.05, 0) is 33.1 Å². The fourth-order valence-electron chi connectivity index (χ4n) is 3.57. The fourth-order valence-corrected chi connectivity index (χ4v) is 3.57. The summed E-state index contributed by atoms with van der Waals surface area (Å²) in [6.07, 6.45) is 18.0. The van der Waals surface area contributed by atoms with Crippen molar-refractivity contribution < 1.29 is 9.28 Å². The zero-order valence-electron chi connectivity index (χ0n) is 15.5.